The van der Waals surface area contributed by atoms with Gasteiger partial charge in [-0.2, -0.15) is 0 Å². The van der Waals surface area contributed by atoms with Crippen LogP contribution in [0, 0.1) is 13.8 Å². The third kappa shape index (κ3) is 3.80. The normalized spacial score (nSPS) is 11.9. The molecule has 0 spiro atoms. The molecule has 29 heavy (non-hydrogen) atoms. The maximum absolute atomic E-state index is 13.2. The zero-order valence-electron chi connectivity index (χ0n) is 16.3. The summed E-state index contributed by atoms with van der Waals surface area (Å²) in [5, 5.41) is 3.80. The van der Waals surface area contributed by atoms with E-state index < -0.39 is 0 Å². The third-order valence-electron chi connectivity index (χ3n) is 5.15. The van der Waals surface area contributed by atoms with Crippen LogP contribution in [0.15, 0.2) is 77.9 Å². The largest absolute Gasteiger partial charge is 0.341 e. The molecule has 2 aromatic carbocycles. The molecule has 0 saturated heterocycles. The fourth-order valence-corrected chi connectivity index (χ4v) is 3.45. The highest BCUT2D eigenvalue weighted by Gasteiger charge is 2.20. The molecule has 0 aliphatic heterocycles. The smallest absolute Gasteiger partial charge is 0.252 e. The summed E-state index contributed by atoms with van der Waals surface area (Å²) in [4.78, 5) is 32.3. The van der Waals surface area contributed by atoms with E-state index in [0.717, 1.165) is 16.7 Å². The van der Waals surface area contributed by atoms with E-state index in [0.29, 0.717) is 16.5 Å². The van der Waals surface area contributed by atoms with Crippen molar-refractivity contribution in [3.05, 3.63) is 111 Å². The van der Waals surface area contributed by atoms with Gasteiger partial charge in [-0.25, -0.2) is 0 Å². The summed E-state index contributed by atoms with van der Waals surface area (Å²) in [7, 11) is 0. The number of aryl methyl sites for hydroxylation is 2. The fourth-order valence-electron chi connectivity index (χ4n) is 3.45. The first-order valence-corrected chi connectivity index (χ1v) is 9.43. The molecule has 0 saturated carbocycles. The summed E-state index contributed by atoms with van der Waals surface area (Å²) in [6, 6.07) is 18.2. The number of benzene rings is 2. The molecule has 2 N–H and O–H groups in total. The highest BCUT2D eigenvalue weighted by Crippen LogP contribution is 2.25. The zero-order valence-corrected chi connectivity index (χ0v) is 16.3. The van der Waals surface area contributed by atoms with Crippen LogP contribution in [0.4, 0.5) is 0 Å². The molecular formula is C24H21N3O2. The molecule has 0 bridgehead atoms. The number of amides is 1. The molecule has 0 aliphatic rings. The summed E-state index contributed by atoms with van der Waals surface area (Å²) < 4.78 is 0. The van der Waals surface area contributed by atoms with Crippen molar-refractivity contribution in [2.24, 2.45) is 0 Å². The summed E-state index contributed by atoms with van der Waals surface area (Å²) in [5.74, 6) is -0.306. The number of hydrogen-bond donors (Lipinski definition) is 2. The van der Waals surface area contributed by atoms with Crippen molar-refractivity contribution in [1.29, 1.82) is 0 Å². The van der Waals surface area contributed by atoms with Gasteiger partial charge >= 0.3 is 0 Å². The van der Waals surface area contributed by atoms with Crippen LogP contribution in [-0.4, -0.2) is 15.9 Å². The second kappa shape index (κ2) is 7.72. The van der Waals surface area contributed by atoms with E-state index in [1.54, 1.807) is 18.5 Å². The molecule has 2 heterocycles. The Morgan fingerprint density at radius 3 is 2.55 bits per heavy atom. The van der Waals surface area contributed by atoms with Crippen LogP contribution in [0.25, 0.3) is 10.9 Å². The molecule has 1 atom stereocenters. The Kier molecular flexibility index (Phi) is 4.96. The summed E-state index contributed by atoms with van der Waals surface area (Å²) in [6.45, 7) is 4.10. The van der Waals surface area contributed by atoms with E-state index in [1.807, 2.05) is 49.4 Å². The second-order valence-corrected chi connectivity index (χ2v) is 7.13. The van der Waals surface area contributed by atoms with E-state index in [-0.39, 0.29) is 17.5 Å². The number of aromatic nitrogens is 2. The van der Waals surface area contributed by atoms with Crippen molar-refractivity contribution in [1.82, 2.24) is 15.3 Å². The number of nitrogens with one attached hydrogen (secondary N) is 2. The van der Waals surface area contributed by atoms with Gasteiger partial charge in [0.1, 0.15) is 0 Å². The van der Waals surface area contributed by atoms with Gasteiger partial charge in [-0.05, 0) is 48.2 Å². The second-order valence-electron chi connectivity index (χ2n) is 7.13. The number of fused-ring (bicyclic) bond motifs is 1. The highest BCUT2D eigenvalue weighted by atomic mass is 16.2. The lowest BCUT2D eigenvalue weighted by molar-refractivity contribution is 0.0944. The van der Waals surface area contributed by atoms with Gasteiger partial charge in [0, 0.05) is 29.4 Å². The van der Waals surface area contributed by atoms with Crippen molar-refractivity contribution >= 4 is 16.8 Å². The standard InChI is InChI=1S/C24H21N3O2/c1-15-9-10-17(12-16(15)2)23(18-6-5-11-25-14-18)27-24(29)20-13-22(28)26-21-8-4-3-7-19(20)21/h3-14,23H,1-2H3,(H,26,28)(H,27,29)/t23-/m1/s1. The minimum absolute atomic E-state index is 0.306. The molecule has 4 aromatic rings. The van der Waals surface area contributed by atoms with Gasteiger partial charge in [-0.15, -0.1) is 0 Å². The highest BCUT2D eigenvalue weighted by molar-refractivity contribution is 6.06. The first kappa shape index (κ1) is 18.6. The van der Waals surface area contributed by atoms with E-state index >= 15 is 0 Å². The number of aromatic amines is 1. The van der Waals surface area contributed by atoms with Gasteiger partial charge in [-0.3, -0.25) is 14.6 Å². The van der Waals surface area contributed by atoms with E-state index in [1.165, 1.54) is 11.6 Å². The van der Waals surface area contributed by atoms with E-state index in [9.17, 15) is 9.59 Å². The van der Waals surface area contributed by atoms with Gasteiger partial charge in [-0.1, -0.05) is 42.5 Å². The van der Waals surface area contributed by atoms with Crippen molar-refractivity contribution < 1.29 is 4.79 Å². The number of pyridine rings is 2. The molecule has 0 unspecified atom stereocenters. The van der Waals surface area contributed by atoms with Crippen molar-refractivity contribution in [3.8, 4) is 0 Å². The minimum atomic E-state index is -0.381. The van der Waals surface area contributed by atoms with Crippen molar-refractivity contribution in [2.45, 2.75) is 19.9 Å². The monoisotopic (exact) mass is 383 g/mol. The van der Waals surface area contributed by atoms with Crippen LogP contribution in [-0.2, 0) is 0 Å². The van der Waals surface area contributed by atoms with Crippen LogP contribution in [0.5, 0.6) is 0 Å². The topological polar surface area (TPSA) is 74.8 Å². The van der Waals surface area contributed by atoms with Crippen LogP contribution < -0.4 is 10.9 Å². The molecular weight excluding hydrogens is 362 g/mol. The van der Waals surface area contributed by atoms with Gasteiger partial charge < -0.3 is 10.3 Å². The SMILES string of the molecule is Cc1ccc([C@@H](NC(=O)c2cc(=O)[nH]c3ccccc23)c2cccnc2)cc1C. The van der Waals surface area contributed by atoms with E-state index in [2.05, 4.69) is 28.3 Å². The Hall–Kier alpha value is -3.73. The Morgan fingerprint density at radius 1 is 0.966 bits per heavy atom. The van der Waals surface area contributed by atoms with Gasteiger partial charge in [0.05, 0.1) is 11.6 Å². The van der Waals surface area contributed by atoms with Crippen LogP contribution in [0.2, 0.25) is 0 Å². The third-order valence-corrected chi connectivity index (χ3v) is 5.15. The van der Waals surface area contributed by atoms with Gasteiger partial charge in [0.25, 0.3) is 5.91 Å². The number of hydrogen-bond acceptors (Lipinski definition) is 3. The molecule has 1 amide bonds. The predicted molar refractivity (Wildman–Crippen MR) is 114 cm³/mol. The van der Waals surface area contributed by atoms with Gasteiger partial charge in [0.2, 0.25) is 5.56 Å². The fraction of sp³-hybridized carbons (Fsp3) is 0.125. The van der Waals surface area contributed by atoms with Crippen LogP contribution in [0.3, 0.4) is 0 Å². The number of H-pyrrole nitrogens is 1. The quantitative estimate of drug-likeness (QED) is 0.558. The summed E-state index contributed by atoms with van der Waals surface area (Å²) in [6.07, 6.45) is 3.45. The lowest BCUT2D eigenvalue weighted by atomic mass is 9.96. The van der Waals surface area contributed by atoms with Crippen molar-refractivity contribution in [3.63, 3.8) is 0 Å². The average Bonchev–Trinajstić information content (AvgIpc) is 2.74. The predicted octanol–water partition coefficient (Wildman–Crippen LogP) is 4.06. The molecule has 144 valence electrons. The summed E-state index contributed by atoms with van der Waals surface area (Å²) >= 11 is 0. The first-order chi connectivity index (χ1) is 14.0. The number of para-hydroxylation sites is 1. The maximum atomic E-state index is 13.2. The van der Waals surface area contributed by atoms with Crippen molar-refractivity contribution in [2.75, 3.05) is 0 Å². The number of rotatable bonds is 4. The number of carbonyl (C=O) groups excluding carboxylic acids is 1. The Balaban J connectivity index is 1.78. The maximum Gasteiger partial charge on any atom is 0.252 e. The lowest BCUT2D eigenvalue weighted by Gasteiger charge is -2.21. The molecule has 0 radical (unpaired) electrons. The molecule has 5 heteroatoms. The van der Waals surface area contributed by atoms with E-state index in [4.69, 9.17) is 0 Å². The molecule has 2 aromatic heterocycles. The van der Waals surface area contributed by atoms with Gasteiger partial charge in [0.15, 0.2) is 0 Å². The zero-order chi connectivity index (χ0) is 20.4. The minimum Gasteiger partial charge on any atom is -0.341 e. The molecule has 5 nitrogen and oxygen atoms in total. The Bertz CT molecular complexity index is 1250. The molecule has 4 rings (SSSR count). The number of nitrogens with zero attached hydrogens (tertiary/aromatic N) is 1. The summed E-state index contributed by atoms with van der Waals surface area (Å²) in [5.41, 5.74) is 4.84. The number of carbonyl (C=O) groups is 1. The van der Waals surface area contributed by atoms with Crippen LogP contribution >= 0.6 is 0 Å². The average molecular weight is 383 g/mol. The Labute approximate surface area is 168 Å². The van der Waals surface area contributed by atoms with Crippen LogP contribution in [0.1, 0.15) is 38.7 Å². The molecule has 0 aliphatic carbocycles. The molecule has 0 fully saturated rings. The lowest BCUT2D eigenvalue weighted by Crippen LogP contribution is -2.30. The first-order valence-electron chi connectivity index (χ1n) is 9.43. The Morgan fingerprint density at radius 2 is 1.79 bits per heavy atom.